The van der Waals surface area contributed by atoms with E-state index in [1.54, 1.807) is 0 Å². The van der Waals surface area contributed by atoms with Crippen LogP contribution >= 0.6 is 0 Å². The molecule has 4 heterocycles. The van der Waals surface area contributed by atoms with Gasteiger partial charge in [0, 0.05) is 61.0 Å². The number of rotatable bonds is 3. The third kappa shape index (κ3) is 3.34. The van der Waals surface area contributed by atoms with Gasteiger partial charge in [-0.05, 0) is 38.5 Å². The molecule has 1 unspecified atom stereocenters. The summed E-state index contributed by atoms with van der Waals surface area (Å²) in [5.41, 5.74) is 6.00. The molecule has 2 atom stereocenters. The fourth-order valence-corrected chi connectivity index (χ4v) is 4.34. The molecule has 0 saturated carbocycles. The van der Waals surface area contributed by atoms with Gasteiger partial charge < -0.3 is 24.5 Å². The van der Waals surface area contributed by atoms with Crippen molar-refractivity contribution < 1.29 is 9.84 Å². The maximum absolute atomic E-state index is 10.7. The molecule has 0 amide bonds. The number of ether oxygens (including phenoxy) is 1. The number of anilines is 1. The second kappa shape index (κ2) is 7.41. The van der Waals surface area contributed by atoms with Crippen molar-refractivity contribution in [1.82, 2.24) is 19.7 Å². The molecular formula is C23H27N5O2. The zero-order valence-corrected chi connectivity index (χ0v) is 17.6. The maximum Gasteiger partial charge on any atom is 0.226 e. The molecule has 0 aliphatic carbocycles. The van der Waals surface area contributed by atoms with Crippen molar-refractivity contribution in [3.05, 3.63) is 53.2 Å². The van der Waals surface area contributed by atoms with Crippen LogP contribution in [0.1, 0.15) is 36.0 Å². The van der Waals surface area contributed by atoms with Crippen molar-refractivity contribution in [3.8, 4) is 5.75 Å². The fourth-order valence-electron chi connectivity index (χ4n) is 4.34. The quantitative estimate of drug-likeness (QED) is 0.698. The van der Waals surface area contributed by atoms with Gasteiger partial charge in [-0.25, -0.2) is 4.98 Å². The lowest BCUT2D eigenvalue weighted by Gasteiger charge is -2.35. The van der Waals surface area contributed by atoms with Crippen LogP contribution in [0.25, 0.3) is 17.3 Å². The van der Waals surface area contributed by atoms with E-state index < -0.39 is 6.29 Å². The van der Waals surface area contributed by atoms with Gasteiger partial charge in [-0.2, -0.15) is 0 Å². The molecule has 0 spiro atoms. The summed E-state index contributed by atoms with van der Waals surface area (Å²) in [6.07, 6.45) is 5.87. The van der Waals surface area contributed by atoms with Gasteiger partial charge in [-0.1, -0.05) is 6.92 Å². The minimum Gasteiger partial charge on any atom is -0.460 e. The zero-order valence-electron chi connectivity index (χ0n) is 17.6. The van der Waals surface area contributed by atoms with Gasteiger partial charge in [0.05, 0.1) is 17.1 Å². The van der Waals surface area contributed by atoms with E-state index in [0.717, 1.165) is 54.3 Å². The largest absolute Gasteiger partial charge is 0.460 e. The highest BCUT2D eigenvalue weighted by Gasteiger charge is 2.26. The van der Waals surface area contributed by atoms with Crippen LogP contribution in [0.15, 0.2) is 30.6 Å². The molecule has 0 radical (unpaired) electrons. The molecule has 0 bridgehead atoms. The van der Waals surface area contributed by atoms with E-state index >= 15 is 0 Å². The molecule has 1 aromatic carbocycles. The minimum atomic E-state index is -1.06. The Hall–Kier alpha value is -2.90. The Morgan fingerprint density at radius 3 is 2.93 bits per heavy atom. The summed E-state index contributed by atoms with van der Waals surface area (Å²) in [7, 11) is 0. The summed E-state index contributed by atoms with van der Waals surface area (Å²) in [4.78, 5) is 11.5. The number of aromatic nitrogens is 3. The van der Waals surface area contributed by atoms with Gasteiger partial charge in [0.2, 0.25) is 6.29 Å². The van der Waals surface area contributed by atoms with Gasteiger partial charge in [0.15, 0.2) is 5.65 Å². The molecule has 3 aromatic rings. The third-order valence-corrected chi connectivity index (χ3v) is 5.95. The topological polar surface area (TPSA) is 74.9 Å². The third-order valence-electron chi connectivity index (χ3n) is 5.95. The lowest BCUT2D eigenvalue weighted by molar-refractivity contribution is 0.0318. The minimum absolute atomic E-state index is 0.504. The van der Waals surface area contributed by atoms with Crippen molar-refractivity contribution in [2.45, 2.75) is 39.5 Å². The number of aliphatic hydroxyl groups excluding tert-OH is 1. The standard InChI is InChI=1S/C23H27N5O2/c1-4-17-12-27(8-7-24-17)18-6-5-16-9-19(23(29)30-21(16)10-18)20-13-28-11-14(2)25-15(3)22(28)26-20/h5-6,9-11,13,17,23-24,29H,4,7-8,12H2,1-3H3/t17-,23?/m0/s1. The Morgan fingerprint density at radius 2 is 2.10 bits per heavy atom. The van der Waals surface area contributed by atoms with Gasteiger partial charge in [0.1, 0.15) is 5.75 Å². The average Bonchev–Trinajstić information content (AvgIpc) is 3.17. The number of aliphatic hydroxyl groups is 1. The normalized spacial score (nSPS) is 21.3. The van der Waals surface area contributed by atoms with Crippen molar-refractivity contribution >= 4 is 23.0 Å². The number of nitrogens with zero attached hydrogens (tertiary/aromatic N) is 4. The van der Waals surface area contributed by atoms with Gasteiger partial charge in [-0.3, -0.25) is 4.98 Å². The first kappa shape index (κ1) is 19.1. The number of imidazole rings is 1. The molecule has 2 aromatic heterocycles. The summed E-state index contributed by atoms with van der Waals surface area (Å²) in [6.45, 7) is 9.03. The van der Waals surface area contributed by atoms with Crippen LogP contribution < -0.4 is 15.0 Å². The molecule has 1 fully saturated rings. The zero-order chi connectivity index (χ0) is 20.8. The van der Waals surface area contributed by atoms with E-state index in [-0.39, 0.29) is 0 Å². The van der Waals surface area contributed by atoms with Gasteiger partial charge >= 0.3 is 0 Å². The Labute approximate surface area is 176 Å². The second-order valence-electron chi connectivity index (χ2n) is 8.12. The van der Waals surface area contributed by atoms with Crippen LogP contribution in [-0.2, 0) is 0 Å². The van der Waals surface area contributed by atoms with Crippen LogP contribution in [0, 0.1) is 13.8 Å². The lowest BCUT2D eigenvalue weighted by Crippen LogP contribution is -2.50. The highest BCUT2D eigenvalue weighted by atomic mass is 16.6. The van der Waals surface area contributed by atoms with Crippen LogP contribution in [0.2, 0.25) is 0 Å². The summed E-state index contributed by atoms with van der Waals surface area (Å²) < 4.78 is 7.87. The Bertz CT molecular complexity index is 1140. The van der Waals surface area contributed by atoms with Crippen molar-refractivity contribution in [3.63, 3.8) is 0 Å². The van der Waals surface area contributed by atoms with E-state index in [9.17, 15) is 5.11 Å². The van der Waals surface area contributed by atoms with Gasteiger partial charge in [0.25, 0.3) is 0 Å². The first-order valence-electron chi connectivity index (χ1n) is 10.5. The summed E-state index contributed by atoms with van der Waals surface area (Å²) in [5.74, 6) is 0.702. The van der Waals surface area contributed by atoms with Crippen molar-refractivity contribution in [2.75, 3.05) is 24.5 Å². The van der Waals surface area contributed by atoms with Crippen LogP contribution in [0.5, 0.6) is 5.75 Å². The maximum atomic E-state index is 10.7. The van der Waals surface area contributed by atoms with E-state index in [0.29, 0.717) is 23.1 Å². The van der Waals surface area contributed by atoms with E-state index in [4.69, 9.17) is 4.74 Å². The van der Waals surface area contributed by atoms with E-state index in [1.165, 1.54) is 0 Å². The monoisotopic (exact) mass is 405 g/mol. The molecule has 7 nitrogen and oxygen atoms in total. The number of nitrogens with one attached hydrogen (secondary N) is 1. The first-order chi connectivity index (χ1) is 14.5. The van der Waals surface area contributed by atoms with E-state index in [1.807, 2.05) is 42.8 Å². The molecule has 156 valence electrons. The molecular weight excluding hydrogens is 378 g/mol. The molecule has 2 aliphatic heterocycles. The van der Waals surface area contributed by atoms with Crippen LogP contribution in [-0.4, -0.2) is 51.4 Å². The smallest absolute Gasteiger partial charge is 0.226 e. The number of fused-ring (bicyclic) bond motifs is 2. The summed E-state index contributed by atoms with van der Waals surface area (Å²) in [6, 6.07) is 6.73. The van der Waals surface area contributed by atoms with Crippen LogP contribution in [0.3, 0.4) is 0 Å². The SMILES string of the molecule is CC[C@H]1CN(c2ccc3c(c2)OC(O)C(c2cn4cc(C)nc(C)c4n2)=C3)CCN1. The summed E-state index contributed by atoms with van der Waals surface area (Å²) >= 11 is 0. The second-order valence-corrected chi connectivity index (χ2v) is 8.12. The lowest BCUT2D eigenvalue weighted by atomic mass is 10.0. The van der Waals surface area contributed by atoms with Crippen LogP contribution in [0.4, 0.5) is 5.69 Å². The Morgan fingerprint density at radius 1 is 1.23 bits per heavy atom. The van der Waals surface area contributed by atoms with Crippen molar-refractivity contribution in [2.24, 2.45) is 0 Å². The average molecular weight is 406 g/mol. The number of benzene rings is 1. The predicted octanol–water partition coefficient (Wildman–Crippen LogP) is 2.79. The molecule has 7 heteroatoms. The Balaban J connectivity index is 1.48. The molecule has 2 aliphatic rings. The number of hydrogen-bond acceptors (Lipinski definition) is 6. The van der Waals surface area contributed by atoms with E-state index in [2.05, 4.69) is 39.2 Å². The predicted molar refractivity (Wildman–Crippen MR) is 118 cm³/mol. The molecule has 5 rings (SSSR count). The molecule has 1 saturated heterocycles. The molecule has 2 N–H and O–H groups in total. The Kier molecular flexibility index (Phi) is 4.72. The highest BCUT2D eigenvalue weighted by molar-refractivity contribution is 5.86. The number of hydrogen-bond donors (Lipinski definition) is 2. The first-order valence-corrected chi connectivity index (χ1v) is 10.5. The fraction of sp³-hybridized carbons (Fsp3) is 0.391. The number of aryl methyl sites for hydroxylation is 2. The molecule has 30 heavy (non-hydrogen) atoms. The summed E-state index contributed by atoms with van der Waals surface area (Å²) in [5, 5.41) is 14.3. The number of piperazine rings is 1. The highest BCUT2D eigenvalue weighted by Crippen LogP contribution is 2.36. The van der Waals surface area contributed by atoms with Gasteiger partial charge in [-0.15, -0.1) is 0 Å². The van der Waals surface area contributed by atoms with Crippen molar-refractivity contribution in [1.29, 1.82) is 0 Å².